The molecule has 0 radical (unpaired) electrons. The highest BCUT2D eigenvalue weighted by Crippen LogP contribution is 2.34. The van der Waals surface area contributed by atoms with Gasteiger partial charge in [-0.1, -0.05) is 43.2 Å². The molecule has 11 heteroatoms. The molecule has 1 unspecified atom stereocenters. The van der Waals surface area contributed by atoms with Crippen LogP contribution >= 0.6 is 0 Å². The maximum absolute atomic E-state index is 14.0. The van der Waals surface area contributed by atoms with Crippen LogP contribution in [0.2, 0.25) is 0 Å². The molecule has 0 spiro atoms. The highest BCUT2D eigenvalue weighted by atomic mass is 32.2. The number of rotatable bonds is 12. The van der Waals surface area contributed by atoms with Crippen molar-refractivity contribution in [1.82, 2.24) is 10.2 Å². The van der Waals surface area contributed by atoms with Crippen LogP contribution in [0.15, 0.2) is 71.6 Å². The zero-order chi connectivity index (χ0) is 30.3. The quantitative estimate of drug-likeness (QED) is 0.310. The number of amides is 2. The summed E-state index contributed by atoms with van der Waals surface area (Å²) in [7, 11) is -4.34. The largest absolute Gasteiger partial charge is 0.486 e. The lowest BCUT2D eigenvalue weighted by Gasteiger charge is -2.32. The highest BCUT2D eigenvalue weighted by Gasteiger charge is 2.33. The van der Waals surface area contributed by atoms with Crippen molar-refractivity contribution in [3.63, 3.8) is 0 Å². The van der Waals surface area contributed by atoms with Crippen molar-refractivity contribution in [2.75, 3.05) is 30.6 Å². The summed E-state index contributed by atoms with van der Waals surface area (Å²) in [6.07, 6.45) is 1.68. The Bertz CT molecular complexity index is 1510. The van der Waals surface area contributed by atoms with Crippen LogP contribution in [0.4, 0.5) is 10.1 Å². The predicted molar refractivity (Wildman–Crippen MR) is 157 cm³/mol. The van der Waals surface area contributed by atoms with Gasteiger partial charge in [-0.25, -0.2) is 12.8 Å². The Balaban J connectivity index is 1.70. The molecule has 0 fully saturated rings. The van der Waals surface area contributed by atoms with Gasteiger partial charge in [0.1, 0.15) is 31.6 Å². The number of nitrogens with zero attached hydrogens (tertiary/aromatic N) is 2. The third-order valence-electron chi connectivity index (χ3n) is 6.93. The molecule has 9 nitrogen and oxygen atoms in total. The minimum absolute atomic E-state index is 0.0875. The van der Waals surface area contributed by atoms with Crippen molar-refractivity contribution in [3.05, 3.63) is 83.7 Å². The molecule has 3 aromatic carbocycles. The van der Waals surface area contributed by atoms with Gasteiger partial charge in [0.05, 0.1) is 10.6 Å². The second-order valence-electron chi connectivity index (χ2n) is 10.1. The number of ether oxygens (including phenoxy) is 2. The smallest absolute Gasteiger partial charge is 0.264 e. The molecule has 224 valence electrons. The summed E-state index contributed by atoms with van der Waals surface area (Å²) in [4.78, 5) is 28.3. The summed E-state index contributed by atoms with van der Waals surface area (Å²) in [6.45, 7) is 6.09. The van der Waals surface area contributed by atoms with E-state index >= 15 is 0 Å². The molecule has 42 heavy (non-hydrogen) atoms. The molecule has 1 aliphatic rings. The number of hydrogen-bond acceptors (Lipinski definition) is 6. The number of carbonyl (C=O) groups is 2. The average molecular weight is 598 g/mol. The number of sulfonamides is 1. The van der Waals surface area contributed by atoms with E-state index in [1.54, 1.807) is 6.92 Å². The van der Waals surface area contributed by atoms with Crippen molar-refractivity contribution in [3.8, 4) is 11.5 Å². The molecule has 0 aliphatic carbocycles. The minimum atomic E-state index is -4.34. The molecule has 1 aliphatic heterocycles. The highest BCUT2D eigenvalue weighted by molar-refractivity contribution is 7.92. The number of benzene rings is 3. The number of unbranched alkanes of at least 4 members (excludes halogenated alkanes) is 1. The van der Waals surface area contributed by atoms with E-state index in [0.29, 0.717) is 18.9 Å². The Morgan fingerprint density at radius 3 is 2.40 bits per heavy atom. The molecule has 4 rings (SSSR count). The number of anilines is 1. The van der Waals surface area contributed by atoms with Gasteiger partial charge in [0, 0.05) is 19.2 Å². The van der Waals surface area contributed by atoms with Gasteiger partial charge in [0.25, 0.3) is 10.0 Å². The second kappa shape index (κ2) is 13.7. The van der Waals surface area contributed by atoms with Crippen molar-refractivity contribution >= 4 is 27.5 Å². The first-order chi connectivity index (χ1) is 20.1. The van der Waals surface area contributed by atoms with Crippen molar-refractivity contribution in [2.45, 2.75) is 51.1 Å². The van der Waals surface area contributed by atoms with Crippen LogP contribution in [0.3, 0.4) is 0 Å². The maximum atomic E-state index is 14.0. The molecule has 2 amide bonds. The maximum Gasteiger partial charge on any atom is 0.264 e. The monoisotopic (exact) mass is 597 g/mol. The average Bonchev–Trinajstić information content (AvgIpc) is 2.98. The topological polar surface area (TPSA) is 105 Å². The predicted octanol–water partition coefficient (Wildman–Crippen LogP) is 4.43. The lowest BCUT2D eigenvalue weighted by molar-refractivity contribution is -0.139. The van der Waals surface area contributed by atoms with Crippen LogP contribution in [-0.2, 0) is 26.2 Å². The Morgan fingerprint density at radius 1 is 1.00 bits per heavy atom. The van der Waals surface area contributed by atoms with Crippen LogP contribution < -0.4 is 19.1 Å². The van der Waals surface area contributed by atoms with Gasteiger partial charge in [-0.15, -0.1) is 0 Å². The minimum Gasteiger partial charge on any atom is -0.486 e. The molecule has 0 saturated heterocycles. The van der Waals surface area contributed by atoms with Gasteiger partial charge in [0.15, 0.2) is 11.5 Å². The summed E-state index contributed by atoms with van der Waals surface area (Å²) in [6, 6.07) is 15.7. The summed E-state index contributed by atoms with van der Waals surface area (Å²) < 4.78 is 53.9. The second-order valence-corrected chi connectivity index (χ2v) is 12.0. The number of hydrogen-bond donors (Lipinski definition) is 1. The molecule has 3 aromatic rings. The first-order valence-electron chi connectivity index (χ1n) is 13.9. The van der Waals surface area contributed by atoms with Crippen LogP contribution in [0.25, 0.3) is 0 Å². The van der Waals surface area contributed by atoms with E-state index in [0.717, 1.165) is 40.4 Å². The zero-order valence-corrected chi connectivity index (χ0v) is 24.8. The fourth-order valence-electron chi connectivity index (χ4n) is 4.57. The lowest BCUT2D eigenvalue weighted by Crippen LogP contribution is -2.51. The van der Waals surface area contributed by atoms with Crippen LogP contribution in [0.1, 0.15) is 37.8 Å². The number of halogens is 1. The van der Waals surface area contributed by atoms with E-state index in [-0.39, 0.29) is 35.4 Å². The standard InChI is InChI=1S/C31H36FN3O6S/c1-4-5-15-33-31(37)23(3)34(20-24-8-6-7-22(2)18-24)30(36)21-35(26-11-9-25(32)10-12-26)42(38,39)27-13-14-28-29(19-27)41-17-16-40-28/h6-14,18-19,23H,4-5,15-17,20-21H2,1-3H3,(H,33,37). The normalized spacial score (nSPS) is 13.2. The molecule has 0 aromatic heterocycles. The number of fused-ring (bicyclic) bond motifs is 1. The van der Waals surface area contributed by atoms with Gasteiger partial charge in [-0.05, 0) is 62.2 Å². The van der Waals surface area contributed by atoms with Gasteiger partial charge >= 0.3 is 0 Å². The Labute approximate surface area is 246 Å². The van der Waals surface area contributed by atoms with Gasteiger partial charge in [-0.2, -0.15) is 0 Å². The number of carbonyl (C=O) groups excluding carboxylic acids is 2. The van der Waals surface area contributed by atoms with E-state index < -0.39 is 34.3 Å². The Morgan fingerprint density at radius 2 is 1.71 bits per heavy atom. The Hall–Kier alpha value is -4.12. The van der Waals surface area contributed by atoms with Crippen LogP contribution in [0, 0.1) is 12.7 Å². The van der Waals surface area contributed by atoms with Crippen LogP contribution in [0.5, 0.6) is 11.5 Å². The summed E-state index contributed by atoms with van der Waals surface area (Å²) >= 11 is 0. The van der Waals surface area contributed by atoms with Crippen molar-refractivity contribution in [2.24, 2.45) is 0 Å². The molecule has 1 heterocycles. The third-order valence-corrected chi connectivity index (χ3v) is 8.70. The van der Waals surface area contributed by atoms with E-state index in [2.05, 4.69) is 5.32 Å². The van der Waals surface area contributed by atoms with E-state index in [1.165, 1.54) is 35.2 Å². The molecule has 0 bridgehead atoms. The molecular formula is C31H36FN3O6S. The van der Waals surface area contributed by atoms with Gasteiger partial charge in [0.2, 0.25) is 11.8 Å². The number of nitrogens with one attached hydrogen (secondary N) is 1. The van der Waals surface area contributed by atoms with Gasteiger partial charge in [-0.3, -0.25) is 13.9 Å². The fraction of sp³-hybridized carbons (Fsp3) is 0.355. The molecular weight excluding hydrogens is 561 g/mol. The molecule has 1 atom stereocenters. The summed E-state index contributed by atoms with van der Waals surface area (Å²) in [5, 5.41) is 2.86. The van der Waals surface area contributed by atoms with Crippen molar-refractivity contribution in [1.29, 1.82) is 0 Å². The number of aryl methyl sites for hydroxylation is 1. The first-order valence-corrected chi connectivity index (χ1v) is 15.3. The first kappa shape index (κ1) is 30.8. The SMILES string of the molecule is CCCCNC(=O)C(C)N(Cc1cccc(C)c1)C(=O)CN(c1ccc(F)cc1)S(=O)(=O)c1ccc2c(c1)OCCO2. The summed E-state index contributed by atoms with van der Waals surface area (Å²) in [5.74, 6) is -0.809. The van der Waals surface area contributed by atoms with E-state index in [1.807, 2.05) is 38.1 Å². The van der Waals surface area contributed by atoms with Crippen molar-refractivity contribution < 1.29 is 31.9 Å². The molecule has 0 saturated carbocycles. The fourth-order valence-corrected chi connectivity index (χ4v) is 6.00. The van der Waals surface area contributed by atoms with E-state index in [4.69, 9.17) is 9.47 Å². The third kappa shape index (κ3) is 7.39. The molecule has 1 N–H and O–H groups in total. The van der Waals surface area contributed by atoms with Crippen LogP contribution in [-0.4, -0.2) is 57.5 Å². The zero-order valence-electron chi connectivity index (χ0n) is 24.0. The lowest BCUT2D eigenvalue weighted by atomic mass is 10.1. The van der Waals surface area contributed by atoms with Gasteiger partial charge < -0.3 is 19.7 Å². The summed E-state index contributed by atoms with van der Waals surface area (Å²) in [5.41, 5.74) is 1.86. The van der Waals surface area contributed by atoms with E-state index in [9.17, 15) is 22.4 Å². The Kier molecular flexibility index (Phi) is 10.1.